The van der Waals surface area contributed by atoms with Crippen LogP contribution in [0.5, 0.6) is 0 Å². The Morgan fingerprint density at radius 2 is 1.65 bits per heavy atom. The Balaban J connectivity index is 2.98. The summed E-state index contributed by atoms with van der Waals surface area (Å²) in [7, 11) is 0. The molecule has 0 heterocycles. The standard InChI is InChI=1S/C17H20/c1-5-17(12-11-14(2)3)15(4)13-16-9-7-6-8-10-16/h5-13H,1H2,2-4H3/b15-13+,17-12+. The molecule has 1 rings (SSSR count). The van der Waals surface area contributed by atoms with Crippen molar-refractivity contribution in [2.24, 2.45) is 0 Å². The lowest BCUT2D eigenvalue weighted by atomic mass is 10.0. The van der Waals surface area contributed by atoms with Crippen LogP contribution in [0.25, 0.3) is 6.08 Å². The SMILES string of the molecule is C=CC(=C\C=C(C)C)/C(C)=C/c1ccccc1. The summed E-state index contributed by atoms with van der Waals surface area (Å²) in [5.41, 5.74) is 4.89. The van der Waals surface area contributed by atoms with E-state index in [1.54, 1.807) is 0 Å². The van der Waals surface area contributed by atoms with E-state index < -0.39 is 0 Å². The quantitative estimate of drug-likeness (QED) is 0.619. The van der Waals surface area contributed by atoms with Crippen LogP contribution < -0.4 is 0 Å². The Bertz CT molecular complexity index is 452. The van der Waals surface area contributed by atoms with Crippen molar-refractivity contribution >= 4 is 6.08 Å². The van der Waals surface area contributed by atoms with E-state index in [0.29, 0.717) is 0 Å². The van der Waals surface area contributed by atoms with Crippen molar-refractivity contribution in [2.45, 2.75) is 20.8 Å². The number of hydrogen-bond acceptors (Lipinski definition) is 0. The van der Waals surface area contributed by atoms with E-state index in [1.807, 2.05) is 24.3 Å². The molecule has 0 aliphatic rings. The van der Waals surface area contributed by atoms with E-state index in [4.69, 9.17) is 0 Å². The zero-order chi connectivity index (χ0) is 12.7. The van der Waals surface area contributed by atoms with Crippen LogP contribution in [-0.2, 0) is 0 Å². The summed E-state index contributed by atoms with van der Waals surface area (Å²) < 4.78 is 0. The minimum Gasteiger partial charge on any atom is -0.0985 e. The Morgan fingerprint density at radius 3 is 2.18 bits per heavy atom. The van der Waals surface area contributed by atoms with Gasteiger partial charge in [-0.1, -0.05) is 66.8 Å². The molecule has 0 saturated carbocycles. The van der Waals surface area contributed by atoms with E-state index in [2.05, 4.69) is 57.7 Å². The van der Waals surface area contributed by atoms with Crippen molar-refractivity contribution in [3.63, 3.8) is 0 Å². The highest BCUT2D eigenvalue weighted by molar-refractivity contribution is 5.60. The van der Waals surface area contributed by atoms with Crippen molar-refractivity contribution in [2.75, 3.05) is 0 Å². The highest BCUT2D eigenvalue weighted by Gasteiger charge is 1.94. The Hall–Kier alpha value is -1.82. The van der Waals surface area contributed by atoms with Gasteiger partial charge in [-0.15, -0.1) is 0 Å². The van der Waals surface area contributed by atoms with Crippen molar-refractivity contribution < 1.29 is 0 Å². The van der Waals surface area contributed by atoms with Gasteiger partial charge in [-0.2, -0.15) is 0 Å². The van der Waals surface area contributed by atoms with Gasteiger partial charge in [0.25, 0.3) is 0 Å². The lowest BCUT2D eigenvalue weighted by Gasteiger charge is -2.02. The van der Waals surface area contributed by atoms with Crippen LogP contribution in [0.15, 0.2) is 71.9 Å². The van der Waals surface area contributed by atoms with Gasteiger partial charge < -0.3 is 0 Å². The maximum absolute atomic E-state index is 3.86. The van der Waals surface area contributed by atoms with Gasteiger partial charge in [0, 0.05) is 0 Å². The summed E-state index contributed by atoms with van der Waals surface area (Å²) in [6, 6.07) is 10.3. The van der Waals surface area contributed by atoms with Gasteiger partial charge in [-0.3, -0.25) is 0 Å². The molecular formula is C17H20. The fourth-order valence-electron chi connectivity index (χ4n) is 1.50. The average molecular weight is 224 g/mol. The molecule has 88 valence electrons. The summed E-state index contributed by atoms with van der Waals surface area (Å²) in [5.74, 6) is 0. The summed E-state index contributed by atoms with van der Waals surface area (Å²) in [5, 5.41) is 0. The highest BCUT2D eigenvalue weighted by atomic mass is 14.0. The minimum absolute atomic E-state index is 1.16. The van der Waals surface area contributed by atoms with Gasteiger partial charge in [-0.05, 0) is 37.5 Å². The number of allylic oxidation sites excluding steroid dienone is 6. The molecule has 0 fully saturated rings. The van der Waals surface area contributed by atoms with Gasteiger partial charge in [-0.25, -0.2) is 0 Å². The first kappa shape index (κ1) is 13.2. The van der Waals surface area contributed by atoms with Gasteiger partial charge in [0.05, 0.1) is 0 Å². The molecule has 1 aromatic carbocycles. The third-order valence-corrected chi connectivity index (χ3v) is 2.45. The van der Waals surface area contributed by atoms with Crippen LogP contribution in [0.1, 0.15) is 26.3 Å². The third kappa shape index (κ3) is 4.69. The first-order valence-electron chi connectivity index (χ1n) is 5.85. The molecule has 0 atom stereocenters. The zero-order valence-corrected chi connectivity index (χ0v) is 10.9. The fourth-order valence-corrected chi connectivity index (χ4v) is 1.50. The second-order valence-corrected chi connectivity index (χ2v) is 4.31. The molecule has 0 amide bonds. The van der Waals surface area contributed by atoms with Crippen molar-refractivity contribution in [3.8, 4) is 0 Å². The second-order valence-electron chi connectivity index (χ2n) is 4.31. The van der Waals surface area contributed by atoms with Crippen LogP contribution in [0.3, 0.4) is 0 Å². The third-order valence-electron chi connectivity index (χ3n) is 2.45. The molecule has 0 aromatic heterocycles. The molecule has 0 radical (unpaired) electrons. The Morgan fingerprint density at radius 1 is 1.00 bits per heavy atom. The summed E-state index contributed by atoms with van der Waals surface area (Å²) >= 11 is 0. The molecule has 0 nitrogen and oxygen atoms in total. The largest absolute Gasteiger partial charge is 0.0985 e. The molecule has 0 N–H and O–H groups in total. The van der Waals surface area contributed by atoms with Crippen LogP contribution in [0, 0.1) is 0 Å². The first-order valence-corrected chi connectivity index (χ1v) is 5.85. The molecule has 0 heteroatoms. The van der Waals surface area contributed by atoms with Crippen molar-refractivity contribution in [3.05, 3.63) is 77.4 Å². The smallest absolute Gasteiger partial charge is 0.0233 e. The van der Waals surface area contributed by atoms with Gasteiger partial charge in [0.1, 0.15) is 0 Å². The topological polar surface area (TPSA) is 0 Å². The maximum atomic E-state index is 3.86. The minimum atomic E-state index is 1.16. The van der Waals surface area contributed by atoms with Gasteiger partial charge >= 0.3 is 0 Å². The van der Waals surface area contributed by atoms with E-state index in [-0.39, 0.29) is 0 Å². The van der Waals surface area contributed by atoms with Crippen LogP contribution >= 0.6 is 0 Å². The van der Waals surface area contributed by atoms with Crippen LogP contribution in [0.2, 0.25) is 0 Å². The molecule has 0 aliphatic carbocycles. The average Bonchev–Trinajstić information content (AvgIpc) is 2.30. The molecular weight excluding hydrogens is 204 g/mol. The highest BCUT2D eigenvalue weighted by Crippen LogP contribution is 2.15. The lowest BCUT2D eigenvalue weighted by Crippen LogP contribution is -1.81. The molecule has 0 aliphatic heterocycles. The Kier molecular flexibility index (Phi) is 5.22. The molecule has 0 unspecified atom stereocenters. The van der Waals surface area contributed by atoms with Crippen molar-refractivity contribution in [1.82, 2.24) is 0 Å². The summed E-state index contributed by atoms with van der Waals surface area (Å²) in [4.78, 5) is 0. The predicted molar refractivity (Wildman–Crippen MR) is 77.8 cm³/mol. The summed E-state index contributed by atoms with van der Waals surface area (Å²) in [6.45, 7) is 10.2. The summed E-state index contributed by atoms with van der Waals surface area (Å²) in [6.07, 6.45) is 8.29. The predicted octanol–water partition coefficient (Wildman–Crippen LogP) is 5.17. The monoisotopic (exact) mass is 224 g/mol. The zero-order valence-electron chi connectivity index (χ0n) is 10.9. The molecule has 0 bridgehead atoms. The fraction of sp³-hybridized carbons (Fsp3) is 0.176. The van der Waals surface area contributed by atoms with E-state index in [0.717, 1.165) is 5.57 Å². The molecule has 17 heavy (non-hydrogen) atoms. The molecule has 0 saturated heterocycles. The van der Waals surface area contributed by atoms with Crippen LogP contribution in [0.4, 0.5) is 0 Å². The molecule has 0 spiro atoms. The van der Waals surface area contributed by atoms with Gasteiger partial charge in [0.2, 0.25) is 0 Å². The van der Waals surface area contributed by atoms with E-state index in [1.165, 1.54) is 16.7 Å². The second kappa shape index (κ2) is 6.70. The first-order chi connectivity index (χ1) is 8.13. The normalized spacial score (nSPS) is 12.2. The molecule has 1 aromatic rings. The van der Waals surface area contributed by atoms with Crippen LogP contribution in [-0.4, -0.2) is 0 Å². The van der Waals surface area contributed by atoms with E-state index >= 15 is 0 Å². The number of benzene rings is 1. The number of hydrogen-bond donors (Lipinski definition) is 0. The Labute approximate surface area is 105 Å². The maximum Gasteiger partial charge on any atom is -0.0233 e. The van der Waals surface area contributed by atoms with Gasteiger partial charge in [0.15, 0.2) is 0 Å². The number of rotatable bonds is 4. The van der Waals surface area contributed by atoms with E-state index in [9.17, 15) is 0 Å². The van der Waals surface area contributed by atoms with Crippen molar-refractivity contribution in [1.29, 1.82) is 0 Å². The lowest BCUT2D eigenvalue weighted by molar-refractivity contribution is 1.38.